The molecule has 0 aliphatic carbocycles. The van der Waals surface area contributed by atoms with Gasteiger partial charge in [0.15, 0.2) is 0 Å². The second kappa shape index (κ2) is 8.53. The predicted octanol–water partition coefficient (Wildman–Crippen LogP) is 1.52. The molecule has 0 heterocycles. The lowest BCUT2D eigenvalue weighted by molar-refractivity contribution is -0.144. The molecule has 0 rings (SSSR count). The number of hydrogen-bond acceptors (Lipinski definition) is 3. The fourth-order valence-electron chi connectivity index (χ4n) is 1.50. The van der Waals surface area contributed by atoms with Crippen molar-refractivity contribution in [3.8, 4) is 0 Å². The molecular formula is C13H24N2O4. The van der Waals surface area contributed by atoms with Crippen LogP contribution < -0.4 is 10.6 Å². The highest BCUT2D eigenvalue weighted by Gasteiger charge is 2.33. The number of carboxylic acid groups (broad SMARTS) is 1. The van der Waals surface area contributed by atoms with Crippen LogP contribution in [0.1, 0.15) is 33.6 Å². The minimum atomic E-state index is -1.24. The summed E-state index contributed by atoms with van der Waals surface area (Å²) in [4.78, 5) is 22.7. The molecule has 1 unspecified atom stereocenters. The SMILES string of the molecule is C=C(C)COCCNC(=O)NC(C)(CCC)C(=O)O. The average molecular weight is 272 g/mol. The Kier molecular flexibility index (Phi) is 7.83. The van der Waals surface area contributed by atoms with Crippen LogP contribution >= 0.6 is 0 Å². The van der Waals surface area contributed by atoms with E-state index in [1.165, 1.54) is 6.92 Å². The monoisotopic (exact) mass is 272 g/mol. The minimum Gasteiger partial charge on any atom is -0.480 e. The highest BCUT2D eigenvalue weighted by atomic mass is 16.5. The van der Waals surface area contributed by atoms with E-state index in [-0.39, 0.29) is 0 Å². The zero-order chi connectivity index (χ0) is 14.9. The van der Waals surface area contributed by atoms with Gasteiger partial charge in [-0.3, -0.25) is 0 Å². The summed E-state index contributed by atoms with van der Waals surface area (Å²) in [6, 6.07) is -0.503. The molecule has 3 N–H and O–H groups in total. The Morgan fingerprint density at radius 3 is 2.53 bits per heavy atom. The van der Waals surface area contributed by atoms with Crippen molar-refractivity contribution in [3.63, 3.8) is 0 Å². The normalized spacial score (nSPS) is 13.4. The van der Waals surface area contributed by atoms with Crippen LogP contribution in [0.25, 0.3) is 0 Å². The molecule has 0 saturated carbocycles. The zero-order valence-electron chi connectivity index (χ0n) is 11.9. The molecule has 0 aliphatic heterocycles. The van der Waals surface area contributed by atoms with E-state index in [2.05, 4.69) is 17.2 Å². The van der Waals surface area contributed by atoms with Gasteiger partial charge in [-0.15, -0.1) is 0 Å². The lowest BCUT2D eigenvalue weighted by Gasteiger charge is -2.25. The van der Waals surface area contributed by atoms with Crippen LogP contribution in [0.2, 0.25) is 0 Å². The second-order valence-electron chi connectivity index (χ2n) is 4.78. The first-order valence-corrected chi connectivity index (χ1v) is 6.33. The summed E-state index contributed by atoms with van der Waals surface area (Å²) < 4.78 is 5.21. The van der Waals surface area contributed by atoms with Crippen molar-refractivity contribution in [1.29, 1.82) is 0 Å². The quantitative estimate of drug-likeness (QED) is 0.438. The first kappa shape index (κ1) is 17.4. The molecule has 0 saturated heterocycles. The van der Waals surface area contributed by atoms with E-state index < -0.39 is 17.5 Å². The number of urea groups is 1. The number of carbonyl (C=O) groups is 2. The van der Waals surface area contributed by atoms with Gasteiger partial charge < -0.3 is 20.5 Å². The topological polar surface area (TPSA) is 87.7 Å². The van der Waals surface area contributed by atoms with Crippen molar-refractivity contribution in [2.24, 2.45) is 0 Å². The van der Waals surface area contributed by atoms with Gasteiger partial charge in [0.25, 0.3) is 0 Å². The average Bonchev–Trinajstić information content (AvgIpc) is 2.28. The van der Waals surface area contributed by atoms with Gasteiger partial charge in [-0.25, -0.2) is 9.59 Å². The van der Waals surface area contributed by atoms with Crippen molar-refractivity contribution >= 4 is 12.0 Å². The van der Waals surface area contributed by atoms with Crippen molar-refractivity contribution in [1.82, 2.24) is 10.6 Å². The summed E-state index contributed by atoms with van der Waals surface area (Å²) in [5, 5.41) is 14.1. The maximum Gasteiger partial charge on any atom is 0.329 e. The van der Waals surface area contributed by atoms with Crippen LogP contribution in [0, 0.1) is 0 Å². The highest BCUT2D eigenvalue weighted by Crippen LogP contribution is 2.12. The van der Waals surface area contributed by atoms with Gasteiger partial charge in [0.2, 0.25) is 0 Å². The molecule has 19 heavy (non-hydrogen) atoms. The lowest BCUT2D eigenvalue weighted by atomic mass is 9.97. The van der Waals surface area contributed by atoms with E-state index in [4.69, 9.17) is 9.84 Å². The molecule has 0 aromatic carbocycles. The molecule has 0 aromatic heterocycles. The molecule has 6 nitrogen and oxygen atoms in total. The predicted molar refractivity (Wildman–Crippen MR) is 73.1 cm³/mol. The van der Waals surface area contributed by atoms with Crippen LogP contribution in [-0.2, 0) is 9.53 Å². The van der Waals surface area contributed by atoms with Gasteiger partial charge >= 0.3 is 12.0 Å². The van der Waals surface area contributed by atoms with Crippen LogP contribution in [0.15, 0.2) is 12.2 Å². The first-order valence-electron chi connectivity index (χ1n) is 6.33. The van der Waals surface area contributed by atoms with Gasteiger partial charge in [0.1, 0.15) is 5.54 Å². The number of nitrogens with one attached hydrogen (secondary N) is 2. The Labute approximate surface area is 114 Å². The molecule has 0 aromatic rings. The molecule has 6 heteroatoms. The molecule has 0 fully saturated rings. The summed E-state index contributed by atoms with van der Waals surface area (Å²) in [5.41, 5.74) is -0.331. The standard InChI is InChI=1S/C13H24N2O4/c1-5-6-13(4,11(16)17)15-12(18)14-7-8-19-9-10(2)3/h2,5-9H2,1,3-4H3,(H,16,17)(H2,14,15,18). The summed E-state index contributed by atoms with van der Waals surface area (Å²) in [7, 11) is 0. The Hall–Kier alpha value is -1.56. The van der Waals surface area contributed by atoms with Gasteiger partial charge in [-0.2, -0.15) is 0 Å². The highest BCUT2D eigenvalue weighted by molar-refractivity contribution is 5.85. The summed E-state index contributed by atoms with van der Waals surface area (Å²) >= 11 is 0. The smallest absolute Gasteiger partial charge is 0.329 e. The number of carboxylic acids is 1. The van der Waals surface area contributed by atoms with E-state index in [9.17, 15) is 9.59 Å². The van der Waals surface area contributed by atoms with E-state index >= 15 is 0 Å². The molecular weight excluding hydrogens is 248 g/mol. The third-order valence-electron chi connectivity index (χ3n) is 2.49. The fourth-order valence-corrected chi connectivity index (χ4v) is 1.50. The Balaban J connectivity index is 4.01. The largest absolute Gasteiger partial charge is 0.480 e. The maximum absolute atomic E-state index is 11.6. The van der Waals surface area contributed by atoms with Crippen molar-refractivity contribution in [3.05, 3.63) is 12.2 Å². The molecule has 0 bridgehead atoms. The van der Waals surface area contributed by atoms with Crippen LogP contribution in [0.5, 0.6) is 0 Å². The number of aliphatic carboxylic acids is 1. The zero-order valence-corrected chi connectivity index (χ0v) is 11.9. The number of ether oxygens (including phenoxy) is 1. The third kappa shape index (κ3) is 7.46. The Morgan fingerprint density at radius 2 is 2.05 bits per heavy atom. The van der Waals surface area contributed by atoms with Gasteiger partial charge in [-0.05, 0) is 20.3 Å². The number of hydrogen-bond donors (Lipinski definition) is 3. The summed E-state index contributed by atoms with van der Waals surface area (Å²) in [6.45, 7) is 10.0. The molecule has 110 valence electrons. The van der Waals surface area contributed by atoms with Crippen LogP contribution in [0.4, 0.5) is 4.79 Å². The van der Waals surface area contributed by atoms with Gasteiger partial charge in [-0.1, -0.05) is 25.5 Å². The van der Waals surface area contributed by atoms with Crippen LogP contribution in [0.3, 0.4) is 0 Å². The first-order chi connectivity index (χ1) is 8.81. The molecule has 0 radical (unpaired) electrons. The van der Waals surface area contributed by atoms with Crippen molar-refractivity contribution in [2.45, 2.75) is 39.2 Å². The number of carbonyl (C=O) groups excluding carboxylic acids is 1. The molecule has 0 spiro atoms. The van der Waals surface area contributed by atoms with Crippen molar-refractivity contribution < 1.29 is 19.4 Å². The fraction of sp³-hybridized carbons (Fsp3) is 0.692. The maximum atomic E-state index is 11.6. The number of amides is 2. The lowest BCUT2D eigenvalue weighted by Crippen LogP contribution is -2.55. The van der Waals surface area contributed by atoms with Crippen molar-refractivity contribution in [2.75, 3.05) is 19.8 Å². The van der Waals surface area contributed by atoms with E-state index in [0.717, 1.165) is 5.57 Å². The van der Waals surface area contributed by atoms with Gasteiger partial charge in [0, 0.05) is 6.54 Å². The minimum absolute atomic E-state index is 0.320. The number of rotatable bonds is 9. The molecule has 1 atom stereocenters. The summed E-state index contributed by atoms with van der Waals surface area (Å²) in [6.07, 6.45) is 1.05. The Bertz CT molecular complexity index is 331. The second-order valence-corrected chi connectivity index (χ2v) is 4.78. The van der Waals surface area contributed by atoms with E-state index in [1.54, 1.807) is 0 Å². The molecule has 0 aliphatic rings. The third-order valence-corrected chi connectivity index (χ3v) is 2.49. The molecule has 2 amide bonds. The summed E-state index contributed by atoms with van der Waals surface area (Å²) in [5.74, 6) is -1.04. The van der Waals surface area contributed by atoms with Crippen LogP contribution in [-0.4, -0.2) is 42.4 Å². The van der Waals surface area contributed by atoms with Gasteiger partial charge in [0.05, 0.1) is 13.2 Å². The Morgan fingerprint density at radius 1 is 1.42 bits per heavy atom. The van der Waals surface area contributed by atoms with E-state index in [1.807, 2.05) is 13.8 Å². The van der Waals surface area contributed by atoms with E-state index in [0.29, 0.717) is 32.6 Å².